The number of carbonyl (C=O) groups excluding carboxylic acids is 1. The molecule has 0 atom stereocenters. The Kier molecular flexibility index (Phi) is 6.13. The van der Waals surface area contributed by atoms with E-state index in [2.05, 4.69) is 10.3 Å². The zero-order valence-electron chi connectivity index (χ0n) is 15.7. The number of nitrogens with zero attached hydrogens (tertiary/aromatic N) is 3. The highest BCUT2D eigenvalue weighted by Crippen LogP contribution is 2.29. The SMILES string of the molecule is CCn1c(SCC(=O)Nc2ccc([N+](=O)[O-])cc2OC)nc2ccccc2c1=O. The van der Waals surface area contributed by atoms with Crippen LogP contribution in [0.25, 0.3) is 10.9 Å². The van der Waals surface area contributed by atoms with Gasteiger partial charge in [0.05, 0.1) is 40.4 Å². The highest BCUT2D eigenvalue weighted by atomic mass is 32.2. The Labute approximate surface area is 169 Å². The summed E-state index contributed by atoms with van der Waals surface area (Å²) in [4.78, 5) is 39.8. The molecule has 0 bridgehead atoms. The van der Waals surface area contributed by atoms with Crippen LogP contribution in [0.3, 0.4) is 0 Å². The van der Waals surface area contributed by atoms with Gasteiger partial charge in [-0.2, -0.15) is 0 Å². The van der Waals surface area contributed by atoms with Crippen LogP contribution in [0.1, 0.15) is 6.92 Å². The number of methoxy groups -OCH3 is 1. The van der Waals surface area contributed by atoms with Crippen molar-refractivity contribution in [3.8, 4) is 5.75 Å². The number of hydrogen-bond acceptors (Lipinski definition) is 7. The van der Waals surface area contributed by atoms with Crippen molar-refractivity contribution in [3.05, 3.63) is 62.9 Å². The predicted molar refractivity (Wildman–Crippen MR) is 111 cm³/mol. The van der Waals surface area contributed by atoms with Gasteiger partial charge in [-0.15, -0.1) is 0 Å². The lowest BCUT2D eigenvalue weighted by molar-refractivity contribution is -0.384. The number of carbonyl (C=O) groups is 1. The van der Waals surface area contributed by atoms with E-state index in [0.29, 0.717) is 28.3 Å². The van der Waals surface area contributed by atoms with Gasteiger partial charge in [0.15, 0.2) is 5.16 Å². The molecule has 1 heterocycles. The lowest BCUT2D eigenvalue weighted by Gasteiger charge is -2.12. The van der Waals surface area contributed by atoms with Gasteiger partial charge in [-0.05, 0) is 25.1 Å². The molecule has 0 saturated heterocycles. The molecule has 9 nitrogen and oxygen atoms in total. The van der Waals surface area contributed by atoms with Crippen LogP contribution >= 0.6 is 11.8 Å². The minimum absolute atomic E-state index is 0.00488. The number of rotatable bonds is 7. The number of ether oxygens (including phenoxy) is 1. The average molecular weight is 414 g/mol. The molecule has 0 aliphatic heterocycles. The molecule has 0 radical (unpaired) electrons. The summed E-state index contributed by atoms with van der Waals surface area (Å²) in [6.45, 7) is 2.26. The summed E-state index contributed by atoms with van der Waals surface area (Å²) in [6, 6.07) is 11.0. The topological polar surface area (TPSA) is 116 Å². The lowest BCUT2D eigenvalue weighted by Crippen LogP contribution is -2.23. The van der Waals surface area contributed by atoms with Crippen LogP contribution < -0.4 is 15.6 Å². The normalized spacial score (nSPS) is 10.7. The van der Waals surface area contributed by atoms with Crippen LogP contribution in [-0.4, -0.2) is 33.2 Å². The Bertz CT molecular complexity index is 1150. The second kappa shape index (κ2) is 8.74. The summed E-state index contributed by atoms with van der Waals surface area (Å²) in [5, 5.41) is 14.5. The van der Waals surface area contributed by atoms with Crippen LogP contribution in [0, 0.1) is 10.1 Å². The molecule has 1 aromatic heterocycles. The second-order valence-corrected chi connectivity index (χ2v) is 6.88. The molecule has 3 aromatic rings. The van der Waals surface area contributed by atoms with Gasteiger partial charge in [0.1, 0.15) is 5.75 Å². The number of nitro benzene ring substituents is 1. The first-order valence-electron chi connectivity index (χ1n) is 8.69. The summed E-state index contributed by atoms with van der Waals surface area (Å²) < 4.78 is 6.64. The Morgan fingerprint density at radius 2 is 2.07 bits per heavy atom. The Morgan fingerprint density at radius 3 is 2.76 bits per heavy atom. The van der Waals surface area contributed by atoms with Crippen molar-refractivity contribution in [2.24, 2.45) is 0 Å². The minimum atomic E-state index is -0.542. The Balaban J connectivity index is 1.78. The molecular weight excluding hydrogens is 396 g/mol. The van der Waals surface area contributed by atoms with Crippen molar-refractivity contribution in [3.63, 3.8) is 0 Å². The molecule has 1 N–H and O–H groups in total. The van der Waals surface area contributed by atoms with Crippen molar-refractivity contribution in [1.29, 1.82) is 0 Å². The summed E-state index contributed by atoms with van der Waals surface area (Å²) in [6.07, 6.45) is 0. The maximum atomic E-state index is 12.6. The van der Waals surface area contributed by atoms with E-state index in [1.54, 1.807) is 24.3 Å². The Hall–Kier alpha value is -3.40. The van der Waals surface area contributed by atoms with Gasteiger partial charge in [0.2, 0.25) is 5.91 Å². The fraction of sp³-hybridized carbons (Fsp3) is 0.211. The van der Waals surface area contributed by atoms with Gasteiger partial charge in [-0.25, -0.2) is 4.98 Å². The van der Waals surface area contributed by atoms with Crippen LogP contribution in [0.2, 0.25) is 0 Å². The van der Waals surface area contributed by atoms with E-state index < -0.39 is 4.92 Å². The number of benzene rings is 2. The summed E-state index contributed by atoms with van der Waals surface area (Å²) in [5.74, 6) is -0.163. The molecule has 10 heteroatoms. The molecule has 0 saturated carbocycles. The van der Waals surface area contributed by atoms with Gasteiger partial charge in [0.25, 0.3) is 11.2 Å². The fourth-order valence-corrected chi connectivity index (χ4v) is 3.61. The van der Waals surface area contributed by atoms with Gasteiger partial charge in [-0.3, -0.25) is 24.3 Å². The third kappa shape index (κ3) is 4.37. The average Bonchev–Trinajstić information content (AvgIpc) is 2.72. The van der Waals surface area contributed by atoms with Gasteiger partial charge in [-0.1, -0.05) is 23.9 Å². The highest BCUT2D eigenvalue weighted by molar-refractivity contribution is 7.99. The van der Waals surface area contributed by atoms with E-state index in [-0.39, 0.29) is 28.7 Å². The van der Waals surface area contributed by atoms with Gasteiger partial charge < -0.3 is 10.1 Å². The largest absolute Gasteiger partial charge is 0.494 e. The monoisotopic (exact) mass is 414 g/mol. The number of thioether (sulfide) groups is 1. The predicted octanol–water partition coefficient (Wildman–Crippen LogP) is 3.06. The number of nitro groups is 1. The van der Waals surface area contributed by atoms with Gasteiger partial charge in [0, 0.05) is 12.6 Å². The quantitative estimate of drug-likeness (QED) is 0.273. The number of non-ortho nitro benzene ring substituents is 1. The minimum Gasteiger partial charge on any atom is -0.494 e. The van der Waals surface area contributed by atoms with Crippen molar-refractivity contribution in [2.45, 2.75) is 18.6 Å². The number of amides is 1. The summed E-state index contributed by atoms with van der Waals surface area (Å²) >= 11 is 1.14. The van der Waals surface area contributed by atoms with Crippen molar-refractivity contribution in [2.75, 3.05) is 18.2 Å². The zero-order chi connectivity index (χ0) is 21.0. The highest BCUT2D eigenvalue weighted by Gasteiger charge is 2.15. The van der Waals surface area contributed by atoms with Crippen LogP contribution in [0.15, 0.2) is 52.4 Å². The summed E-state index contributed by atoms with van der Waals surface area (Å²) in [7, 11) is 1.36. The van der Waals surface area contributed by atoms with Gasteiger partial charge >= 0.3 is 0 Å². The smallest absolute Gasteiger partial charge is 0.273 e. The molecule has 0 fully saturated rings. The van der Waals surface area contributed by atoms with Crippen molar-refractivity contribution in [1.82, 2.24) is 9.55 Å². The molecule has 3 rings (SSSR count). The van der Waals surface area contributed by atoms with E-state index in [4.69, 9.17) is 4.74 Å². The first kappa shape index (κ1) is 20.3. The molecule has 2 aromatic carbocycles. The maximum absolute atomic E-state index is 12.6. The molecular formula is C19H18N4O5S. The van der Waals surface area contributed by atoms with E-state index in [1.807, 2.05) is 6.92 Å². The van der Waals surface area contributed by atoms with Crippen LogP contribution in [0.4, 0.5) is 11.4 Å². The fourth-order valence-electron chi connectivity index (χ4n) is 2.75. The first-order valence-corrected chi connectivity index (χ1v) is 9.67. The molecule has 0 spiro atoms. The maximum Gasteiger partial charge on any atom is 0.273 e. The molecule has 0 aliphatic rings. The second-order valence-electron chi connectivity index (χ2n) is 5.94. The molecule has 29 heavy (non-hydrogen) atoms. The van der Waals surface area contributed by atoms with E-state index in [0.717, 1.165) is 11.8 Å². The molecule has 1 amide bonds. The lowest BCUT2D eigenvalue weighted by atomic mass is 10.2. The zero-order valence-corrected chi connectivity index (χ0v) is 16.6. The molecule has 0 aliphatic carbocycles. The van der Waals surface area contributed by atoms with E-state index >= 15 is 0 Å². The Morgan fingerprint density at radius 1 is 1.31 bits per heavy atom. The number of para-hydroxylation sites is 1. The number of nitrogens with one attached hydrogen (secondary N) is 1. The van der Waals surface area contributed by atoms with Crippen molar-refractivity contribution >= 4 is 39.9 Å². The standard InChI is InChI=1S/C19H18N4O5S/c1-3-22-18(25)13-6-4-5-7-14(13)21-19(22)29-11-17(24)20-15-9-8-12(23(26)27)10-16(15)28-2/h4-10H,3,11H2,1-2H3,(H,20,24). The number of aromatic nitrogens is 2. The van der Waals surface area contributed by atoms with Crippen LogP contribution in [-0.2, 0) is 11.3 Å². The van der Waals surface area contributed by atoms with Crippen LogP contribution in [0.5, 0.6) is 5.75 Å². The molecule has 0 unspecified atom stereocenters. The van der Waals surface area contributed by atoms with E-state index in [9.17, 15) is 19.7 Å². The third-order valence-corrected chi connectivity index (χ3v) is 5.12. The summed E-state index contributed by atoms with van der Waals surface area (Å²) in [5.41, 5.74) is 0.602. The van der Waals surface area contributed by atoms with E-state index in [1.165, 1.54) is 29.9 Å². The third-order valence-electron chi connectivity index (χ3n) is 4.15. The molecule has 150 valence electrons. The number of hydrogen-bond donors (Lipinski definition) is 1. The first-order chi connectivity index (χ1) is 13.9. The number of anilines is 1. The van der Waals surface area contributed by atoms with Crippen molar-refractivity contribution < 1.29 is 14.5 Å². The number of fused-ring (bicyclic) bond motifs is 1.